The Hall–Kier alpha value is -2.96. The van der Waals surface area contributed by atoms with Gasteiger partial charge in [-0.3, -0.25) is 9.59 Å². The van der Waals surface area contributed by atoms with Gasteiger partial charge >= 0.3 is 0 Å². The number of hydrogen-bond donors (Lipinski definition) is 1. The van der Waals surface area contributed by atoms with Crippen LogP contribution in [0.25, 0.3) is 0 Å². The van der Waals surface area contributed by atoms with Crippen LogP contribution in [0.5, 0.6) is 5.75 Å². The third-order valence-electron chi connectivity index (χ3n) is 5.00. The molecule has 0 heterocycles. The summed E-state index contributed by atoms with van der Waals surface area (Å²) in [5.74, 6) is -2.12. The summed E-state index contributed by atoms with van der Waals surface area (Å²) in [6.45, 7) is 7.78. The first kappa shape index (κ1) is 23.3. The lowest BCUT2D eigenvalue weighted by Gasteiger charge is -2.31. The molecule has 0 radical (unpaired) electrons. The number of carbonyl (C=O) groups is 2. The predicted molar refractivity (Wildman–Crippen MR) is 111 cm³/mol. The van der Waals surface area contributed by atoms with Crippen molar-refractivity contribution in [3.8, 4) is 5.75 Å². The van der Waals surface area contributed by atoms with Crippen molar-refractivity contribution in [2.24, 2.45) is 5.92 Å². The molecule has 2 unspecified atom stereocenters. The van der Waals surface area contributed by atoms with E-state index < -0.39 is 23.7 Å². The van der Waals surface area contributed by atoms with Crippen molar-refractivity contribution in [3.05, 3.63) is 65.2 Å². The SMILES string of the molecule is CCOc1ccc(C(=O)NC(C(=O)N(C)C(C)c2ccc(F)c(F)c2)C(C)C)cc1. The lowest BCUT2D eigenvalue weighted by atomic mass is 10.00. The van der Waals surface area contributed by atoms with Crippen LogP contribution in [0.2, 0.25) is 0 Å². The van der Waals surface area contributed by atoms with Crippen molar-refractivity contribution in [1.82, 2.24) is 10.2 Å². The number of nitrogens with one attached hydrogen (secondary N) is 1. The van der Waals surface area contributed by atoms with E-state index in [1.54, 1.807) is 38.2 Å². The van der Waals surface area contributed by atoms with Crippen LogP contribution in [0.4, 0.5) is 8.78 Å². The number of likely N-dealkylation sites (N-methyl/N-ethyl adjacent to an activating group) is 1. The average Bonchev–Trinajstić information content (AvgIpc) is 2.72. The van der Waals surface area contributed by atoms with E-state index in [-0.39, 0.29) is 17.7 Å². The van der Waals surface area contributed by atoms with E-state index in [1.807, 2.05) is 20.8 Å². The maximum Gasteiger partial charge on any atom is 0.251 e. The van der Waals surface area contributed by atoms with Gasteiger partial charge in [-0.15, -0.1) is 0 Å². The molecule has 0 aliphatic carbocycles. The third kappa shape index (κ3) is 5.55. The molecule has 1 N–H and O–H groups in total. The molecule has 0 aliphatic rings. The lowest BCUT2D eigenvalue weighted by Crippen LogP contribution is -2.50. The topological polar surface area (TPSA) is 58.6 Å². The zero-order chi connectivity index (χ0) is 22.4. The summed E-state index contributed by atoms with van der Waals surface area (Å²) in [5.41, 5.74) is 0.873. The minimum Gasteiger partial charge on any atom is -0.494 e. The van der Waals surface area contributed by atoms with Gasteiger partial charge in [0, 0.05) is 12.6 Å². The van der Waals surface area contributed by atoms with Gasteiger partial charge in [0.2, 0.25) is 5.91 Å². The number of ether oxygens (including phenoxy) is 1. The summed E-state index contributed by atoms with van der Waals surface area (Å²) in [4.78, 5) is 27.2. The fourth-order valence-electron chi connectivity index (χ4n) is 3.01. The smallest absolute Gasteiger partial charge is 0.251 e. The number of hydrogen-bond acceptors (Lipinski definition) is 3. The molecular weight excluding hydrogens is 390 g/mol. The first-order chi connectivity index (χ1) is 14.1. The largest absolute Gasteiger partial charge is 0.494 e. The van der Waals surface area contributed by atoms with E-state index in [2.05, 4.69) is 5.32 Å². The standard InChI is InChI=1S/C23H28F2N2O3/c1-6-30-18-10-7-16(8-11-18)22(28)26-21(14(2)3)23(29)27(5)15(4)17-9-12-19(24)20(25)13-17/h7-15,21H,6H2,1-5H3,(H,26,28). The third-order valence-corrected chi connectivity index (χ3v) is 5.00. The molecule has 30 heavy (non-hydrogen) atoms. The van der Waals surface area contributed by atoms with Gasteiger partial charge in [-0.1, -0.05) is 19.9 Å². The highest BCUT2D eigenvalue weighted by molar-refractivity contribution is 5.97. The molecule has 2 atom stereocenters. The second-order valence-electron chi connectivity index (χ2n) is 7.45. The van der Waals surface area contributed by atoms with Gasteiger partial charge in [0.1, 0.15) is 11.8 Å². The van der Waals surface area contributed by atoms with E-state index in [4.69, 9.17) is 4.74 Å². The summed E-state index contributed by atoms with van der Waals surface area (Å²) >= 11 is 0. The summed E-state index contributed by atoms with van der Waals surface area (Å²) in [6, 6.07) is 8.93. The number of benzene rings is 2. The highest BCUT2D eigenvalue weighted by atomic mass is 19.2. The Kier molecular flexibility index (Phi) is 7.92. The van der Waals surface area contributed by atoms with E-state index in [0.717, 1.165) is 12.1 Å². The van der Waals surface area contributed by atoms with Crippen molar-refractivity contribution < 1.29 is 23.1 Å². The summed E-state index contributed by atoms with van der Waals surface area (Å²) < 4.78 is 32.2. The van der Waals surface area contributed by atoms with Gasteiger partial charge < -0.3 is 15.0 Å². The molecule has 0 aliphatic heterocycles. The molecule has 0 saturated carbocycles. The predicted octanol–water partition coefficient (Wildman–Crippen LogP) is 4.34. The molecule has 0 aromatic heterocycles. The fourth-order valence-corrected chi connectivity index (χ4v) is 3.01. The van der Waals surface area contributed by atoms with Crippen LogP contribution in [0, 0.1) is 17.6 Å². The molecule has 0 saturated heterocycles. The number of carbonyl (C=O) groups excluding carboxylic acids is 2. The van der Waals surface area contributed by atoms with E-state index in [0.29, 0.717) is 23.5 Å². The minimum atomic E-state index is -0.968. The zero-order valence-electron chi connectivity index (χ0n) is 17.9. The number of amides is 2. The van der Waals surface area contributed by atoms with E-state index in [9.17, 15) is 18.4 Å². The van der Waals surface area contributed by atoms with Crippen molar-refractivity contribution in [1.29, 1.82) is 0 Å². The molecule has 2 rings (SSSR count). The normalized spacial score (nSPS) is 12.9. The summed E-state index contributed by atoms with van der Waals surface area (Å²) in [7, 11) is 1.58. The fraction of sp³-hybridized carbons (Fsp3) is 0.391. The molecule has 5 nitrogen and oxygen atoms in total. The Morgan fingerprint density at radius 3 is 2.20 bits per heavy atom. The molecule has 2 amide bonds. The Morgan fingerprint density at radius 1 is 1.03 bits per heavy atom. The molecular formula is C23H28F2N2O3. The summed E-state index contributed by atoms with van der Waals surface area (Å²) in [5, 5.41) is 2.79. The number of rotatable bonds is 8. The Labute approximate surface area is 176 Å². The average molecular weight is 418 g/mol. The molecule has 2 aromatic carbocycles. The van der Waals surface area contributed by atoms with Gasteiger partial charge in [-0.05, 0) is 61.7 Å². The molecule has 0 fully saturated rings. The molecule has 2 aromatic rings. The minimum absolute atomic E-state index is 0.177. The first-order valence-corrected chi connectivity index (χ1v) is 9.91. The van der Waals surface area contributed by atoms with Crippen molar-refractivity contribution >= 4 is 11.8 Å². The van der Waals surface area contributed by atoms with Gasteiger partial charge in [0.05, 0.1) is 12.6 Å². The maximum absolute atomic E-state index is 13.6. The molecule has 0 spiro atoms. The summed E-state index contributed by atoms with van der Waals surface area (Å²) in [6.07, 6.45) is 0. The van der Waals surface area contributed by atoms with E-state index in [1.165, 1.54) is 11.0 Å². The van der Waals surface area contributed by atoms with Crippen molar-refractivity contribution in [3.63, 3.8) is 0 Å². The lowest BCUT2D eigenvalue weighted by molar-refractivity contribution is -0.135. The maximum atomic E-state index is 13.6. The van der Waals surface area contributed by atoms with Crippen LogP contribution in [0.1, 0.15) is 49.7 Å². The van der Waals surface area contributed by atoms with Crippen LogP contribution < -0.4 is 10.1 Å². The molecule has 0 bridgehead atoms. The van der Waals surface area contributed by atoms with Gasteiger partial charge in [-0.25, -0.2) is 8.78 Å². The Bertz CT molecular complexity index is 885. The van der Waals surface area contributed by atoms with Crippen molar-refractivity contribution in [2.75, 3.05) is 13.7 Å². The monoisotopic (exact) mass is 418 g/mol. The molecule has 162 valence electrons. The van der Waals surface area contributed by atoms with Gasteiger partial charge in [0.25, 0.3) is 5.91 Å². The van der Waals surface area contributed by atoms with E-state index >= 15 is 0 Å². The first-order valence-electron chi connectivity index (χ1n) is 9.91. The number of halogens is 2. The van der Waals surface area contributed by atoms with Crippen LogP contribution in [-0.4, -0.2) is 36.4 Å². The highest BCUT2D eigenvalue weighted by Crippen LogP contribution is 2.23. The quantitative estimate of drug-likeness (QED) is 0.694. The van der Waals surface area contributed by atoms with Crippen LogP contribution in [-0.2, 0) is 4.79 Å². The van der Waals surface area contributed by atoms with Crippen LogP contribution >= 0.6 is 0 Å². The van der Waals surface area contributed by atoms with Crippen LogP contribution in [0.15, 0.2) is 42.5 Å². The van der Waals surface area contributed by atoms with Crippen molar-refractivity contribution in [2.45, 2.75) is 39.8 Å². The van der Waals surface area contributed by atoms with Crippen LogP contribution in [0.3, 0.4) is 0 Å². The van der Waals surface area contributed by atoms with Gasteiger partial charge in [0.15, 0.2) is 11.6 Å². The second-order valence-corrected chi connectivity index (χ2v) is 7.45. The van der Waals surface area contributed by atoms with Gasteiger partial charge in [-0.2, -0.15) is 0 Å². The zero-order valence-corrected chi connectivity index (χ0v) is 17.9. The highest BCUT2D eigenvalue weighted by Gasteiger charge is 2.30. The Balaban J connectivity index is 2.14. The molecule has 7 heteroatoms. The second kappa shape index (κ2) is 10.2. The Morgan fingerprint density at radius 2 is 1.67 bits per heavy atom. The number of nitrogens with zero attached hydrogens (tertiary/aromatic N) is 1.